The van der Waals surface area contributed by atoms with Crippen molar-refractivity contribution in [2.45, 2.75) is 26.8 Å². The molecule has 6 heteroatoms. The first-order valence-electron chi connectivity index (χ1n) is 6.80. The molecule has 2 aromatic rings. The van der Waals surface area contributed by atoms with Gasteiger partial charge in [0, 0.05) is 51.6 Å². The standard InChI is InChI=1S/C14H23N5S/c1-10-13(14(18(3)4)19(5)17-10)8-15-7-6-12-9-20-11(2)16-12/h9,15H,6-8H2,1-5H3. The Labute approximate surface area is 124 Å². The minimum Gasteiger partial charge on any atom is -0.363 e. The quantitative estimate of drug-likeness (QED) is 0.826. The highest BCUT2D eigenvalue weighted by Crippen LogP contribution is 2.20. The normalized spacial score (nSPS) is 11.1. The zero-order chi connectivity index (χ0) is 14.7. The van der Waals surface area contributed by atoms with E-state index in [1.54, 1.807) is 11.3 Å². The summed E-state index contributed by atoms with van der Waals surface area (Å²) in [6, 6.07) is 0. The molecule has 0 amide bonds. The van der Waals surface area contributed by atoms with Crippen LogP contribution in [0.1, 0.15) is 22.0 Å². The van der Waals surface area contributed by atoms with Gasteiger partial charge in [-0.05, 0) is 13.8 Å². The van der Waals surface area contributed by atoms with Crippen molar-refractivity contribution in [3.63, 3.8) is 0 Å². The Morgan fingerprint density at radius 1 is 1.35 bits per heavy atom. The van der Waals surface area contributed by atoms with E-state index in [-0.39, 0.29) is 0 Å². The molecule has 0 saturated carbocycles. The van der Waals surface area contributed by atoms with E-state index in [9.17, 15) is 0 Å². The fourth-order valence-electron chi connectivity index (χ4n) is 2.41. The molecule has 0 aromatic carbocycles. The van der Waals surface area contributed by atoms with E-state index >= 15 is 0 Å². The Bertz CT molecular complexity index is 570. The van der Waals surface area contributed by atoms with Crippen LogP contribution in [-0.4, -0.2) is 35.4 Å². The molecule has 0 spiro atoms. The molecule has 0 unspecified atom stereocenters. The second-order valence-corrected chi connectivity index (χ2v) is 6.25. The monoisotopic (exact) mass is 293 g/mol. The highest BCUT2D eigenvalue weighted by atomic mass is 32.1. The molecule has 0 aliphatic heterocycles. The molecule has 0 aliphatic carbocycles. The average molecular weight is 293 g/mol. The summed E-state index contributed by atoms with van der Waals surface area (Å²) in [6.07, 6.45) is 0.973. The largest absolute Gasteiger partial charge is 0.363 e. The third-order valence-corrected chi connectivity index (χ3v) is 4.09. The summed E-state index contributed by atoms with van der Waals surface area (Å²) in [6.45, 7) is 5.89. The SMILES string of the molecule is Cc1nc(CCNCc2c(C)nn(C)c2N(C)C)cs1. The molecule has 2 heterocycles. The minimum atomic E-state index is 0.844. The lowest BCUT2D eigenvalue weighted by Gasteiger charge is -2.15. The second-order valence-electron chi connectivity index (χ2n) is 5.19. The molecule has 2 rings (SSSR count). The molecule has 20 heavy (non-hydrogen) atoms. The van der Waals surface area contributed by atoms with Crippen molar-refractivity contribution in [1.29, 1.82) is 0 Å². The van der Waals surface area contributed by atoms with E-state index in [1.165, 1.54) is 17.1 Å². The number of hydrogen-bond acceptors (Lipinski definition) is 5. The lowest BCUT2D eigenvalue weighted by Crippen LogP contribution is -2.20. The molecule has 5 nitrogen and oxygen atoms in total. The maximum absolute atomic E-state index is 4.50. The van der Waals surface area contributed by atoms with E-state index in [1.807, 2.05) is 18.7 Å². The van der Waals surface area contributed by atoms with E-state index in [4.69, 9.17) is 0 Å². The number of hydrogen-bond donors (Lipinski definition) is 1. The summed E-state index contributed by atoms with van der Waals surface area (Å²) < 4.78 is 1.94. The van der Waals surface area contributed by atoms with Gasteiger partial charge in [0.05, 0.1) is 16.4 Å². The fraction of sp³-hybridized carbons (Fsp3) is 0.571. The van der Waals surface area contributed by atoms with Crippen LogP contribution in [0.25, 0.3) is 0 Å². The highest BCUT2D eigenvalue weighted by Gasteiger charge is 2.14. The van der Waals surface area contributed by atoms with E-state index in [0.717, 1.165) is 30.2 Å². The molecule has 0 bridgehead atoms. The number of aromatic nitrogens is 3. The zero-order valence-electron chi connectivity index (χ0n) is 12.9. The second kappa shape index (κ2) is 6.37. The van der Waals surface area contributed by atoms with Gasteiger partial charge in [0.2, 0.25) is 0 Å². The summed E-state index contributed by atoms with van der Waals surface area (Å²) in [7, 11) is 6.10. The molecule has 1 N–H and O–H groups in total. The van der Waals surface area contributed by atoms with Crippen LogP contribution in [0.15, 0.2) is 5.38 Å². The van der Waals surface area contributed by atoms with Crippen molar-refractivity contribution in [2.24, 2.45) is 7.05 Å². The Morgan fingerprint density at radius 2 is 2.10 bits per heavy atom. The zero-order valence-corrected chi connectivity index (χ0v) is 13.7. The molecule has 0 fully saturated rings. The first-order chi connectivity index (χ1) is 9.49. The first-order valence-corrected chi connectivity index (χ1v) is 7.68. The third-order valence-electron chi connectivity index (χ3n) is 3.26. The van der Waals surface area contributed by atoms with Gasteiger partial charge in [-0.25, -0.2) is 4.98 Å². The van der Waals surface area contributed by atoms with Gasteiger partial charge in [-0.1, -0.05) is 0 Å². The summed E-state index contributed by atoms with van der Waals surface area (Å²) >= 11 is 1.71. The number of nitrogens with zero attached hydrogens (tertiary/aromatic N) is 4. The van der Waals surface area contributed by atoms with Crippen LogP contribution in [0.3, 0.4) is 0 Å². The Hall–Kier alpha value is -1.40. The van der Waals surface area contributed by atoms with Gasteiger partial charge in [0.15, 0.2) is 0 Å². The van der Waals surface area contributed by atoms with Gasteiger partial charge in [0.25, 0.3) is 0 Å². The van der Waals surface area contributed by atoms with E-state index < -0.39 is 0 Å². The van der Waals surface area contributed by atoms with Gasteiger partial charge in [-0.15, -0.1) is 11.3 Å². The number of rotatable bonds is 6. The van der Waals surface area contributed by atoms with Crippen LogP contribution in [-0.2, 0) is 20.0 Å². The predicted molar refractivity (Wildman–Crippen MR) is 84.5 cm³/mol. The molecule has 110 valence electrons. The number of anilines is 1. The topological polar surface area (TPSA) is 46.0 Å². The van der Waals surface area contributed by atoms with Crippen molar-refractivity contribution in [2.75, 3.05) is 25.5 Å². The number of aryl methyl sites for hydroxylation is 3. The fourth-order valence-corrected chi connectivity index (χ4v) is 3.06. The van der Waals surface area contributed by atoms with Crippen molar-refractivity contribution in [1.82, 2.24) is 20.1 Å². The number of thiazole rings is 1. The average Bonchev–Trinajstić information content (AvgIpc) is 2.89. The van der Waals surface area contributed by atoms with Crippen LogP contribution in [0, 0.1) is 13.8 Å². The number of nitrogens with one attached hydrogen (secondary N) is 1. The van der Waals surface area contributed by atoms with Crippen LogP contribution >= 0.6 is 11.3 Å². The maximum Gasteiger partial charge on any atom is 0.130 e. The van der Waals surface area contributed by atoms with Crippen molar-refractivity contribution < 1.29 is 0 Å². The van der Waals surface area contributed by atoms with E-state index in [0.29, 0.717) is 0 Å². The molecule has 0 radical (unpaired) electrons. The van der Waals surface area contributed by atoms with Gasteiger partial charge in [0.1, 0.15) is 5.82 Å². The molecular formula is C14H23N5S. The summed E-state index contributed by atoms with van der Waals surface area (Å²) in [5.74, 6) is 1.17. The van der Waals surface area contributed by atoms with Crippen LogP contribution < -0.4 is 10.2 Å². The van der Waals surface area contributed by atoms with Crippen LogP contribution in [0.5, 0.6) is 0 Å². The molecule has 0 aliphatic rings. The smallest absolute Gasteiger partial charge is 0.130 e. The van der Waals surface area contributed by atoms with Crippen molar-refractivity contribution >= 4 is 17.2 Å². The van der Waals surface area contributed by atoms with E-state index in [2.05, 4.69) is 46.7 Å². The molecular weight excluding hydrogens is 270 g/mol. The lowest BCUT2D eigenvalue weighted by molar-refractivity contribution is 0.677. The summed E-state index contributed by atoms with van der Waals surface area (Å²) in [5, 5.41) is 11.3. The van der Waals surface area contributed by atoms with Crippen LogP contribution in [0.2, 0.25) is 0 Å². The third kappa shape index (κ3) is 3.37. The summed E-state index contributed by atoms with van der Waals surface area (Å²) in [4.78, 5) is 6.59. The molecule has 0 atom stereocenters. The van der Waals surface area contributed by atoms with Gasteiger partial charge >= 0.3 is 0 Å². The Balaban J connectivity index is 1.91. The van der Waals surface area contributed by atoms with Crippen LogP contribution in [0.4, 0.5) is 5.82 Å². The summed E-state index contributed by atoms with van der Waals surface area (Å²) in [5.41, 5.74) is 3.54. The minimum absolute atomic E-state index is 0.844. The van der Waals surface area contributed by atoms with Gasteiger partial charge in [-0.2, -0.15) is 5.10 Å². The predicted octanol–water partition coefficient (Wildman–Crippen LogP) is 1.89. The molecule has 2 aromatic heterocycles. The Kier molecular flexibility index (Phi) is 4.77. The van der Waals surface area contributed by atoms with Crippen molar-refractivity contribution in [3.8, 4) is 0 Å². The Morgan fingerprint density at radius 3 is 2.70 bits per heavy atom. The van der Waals surface area contributed by atoms with Crippen molar-refractivity contribution in [3.05, 3.63) is 27.3 Å². The first kappa shape index (κ1) is 15.0. The lowest BCUT2D eigenvalue weighted by atomic mass is 10.2. The van der Waals surface area contributed by atoms with Gasteiger partial charge < -0.3 is 10.2 Å². The van der Waals surface area contributed by atoms with Gasteiger partial charge in [-0.3, -0.25) is 4.68 Å². The molecule has 0 saturated heterocycles. The maximum atomic E-state index is 4.50. The highest BCUT2D eigenvalue weighted by molar-refractivity contribution is 7.09.